The second-order valence-corrected chi connectivity index (χ2v) is 4.71. The van der Waals surface area contributed by atoms with Crippen LogP contribution in [0.3, 0.4) is 0 Å². The molecule has 0 spiro atoms. The van der Waals surface area contributed by atoms with Gasteiger partial charge in [0.25, 0.3) is 0 Å². The summed E-state index contributed by atoms with van der Waals surface area (Å²) < 4.78 is 10.5. The maximum absolute atomic E-state index is 10.3. The first-order valence-electron chi connectivity index (χ1n) is 5.90. The lowest BCUT2D eigenvalue weighted by Crippen LogP contribution is -2.02. The van der Waals surface area contributed by atoms with Crippen molar-refractivity contribution in [2.45, 2.75) is 12.5 Å². The Kier molecular flexibility index (Phi) is 3.27. The van der Waals surface area contributed by atoms with E-state index in [4.69, 9.17) is 21.1 Å². The number of benzene rings is 1. The van der Waals surface area contributed by atoms with E-state index in [1.165, 1.54) is 0 Å². The summed E-state index contributed by atoms with van der Waals surface area (Å²) in [6, 6.07) is 7.23. The van der Waals surface area contributed by atoms with Crippen molar-refractivity contribution in [1.82, 2.24) is 4.98 Å². The van der Waals surface area contributed by atoms with Crippen LogP contribution in [-0.2, 0) is 6.42 Å². The fourth-order valence-electron chi connectivity index (χ4n) is 2.02. The van der Waals surface area contributed by atoms with Crippen molar-refractivity contribution >= 4 is 11.6 Å². The number of pyridine rings is 1. The summed E-state index contributed by atoms with van der Waals surface area (Å²) in [5, 5.41) is 10.8. The van der Waals surface area contributed by atoms with Gasteiger partial charge in [-0.1, -0.05) is 17.7 Å². The molecule has 19 heavy (non-hydrogen) atoms. The molecular formula is C14H12ClNO3. The minimum Gasteiger partial charge on any atom is -0.454 e. The van der Waals surface area contributed by atoms with Gasteiger partial charge in [0, 0.05) is 18.8 Å². The maximum Gasteiger partial charge on any atom is 0.231 e. The lowest BCUT2D eigenvalue weighted by molar-refractivity contribution is 0.171. The Morgan fingerprint density at radius 2 is 2.11 bits per heavy atom. The number of fused-ring (bicyclic) bond motifs is 1. The Balaban J connectivity index is 1.81. The smallest absolute Gasteiger partial charge is 0.231 e. The van der Waals surface area contributed by atoms with Gasteiger partial charge in [-0.2, -0.15) is 0 Å². The molecule has 0 saturated carbocycles. The second kappa shape index (κ2) is 5.07. The predicted octanol–water partition coefficient (Wildman–Crippen LogP) is 2.74. The molecule has 0 aliphatic carbocycles. The predicted molar refractivity (Wildman–Crippen MR) is 70.5 cm³/mol. The Hall–Kier alpha value is -1.78. The van der Waals surface area contributed by atoms with Crippen LogP contribution in [0.1, 0.15) is 17.2 Å². The molecule has 1 aliphatic rings. The molecule has 1 unspecified atom stereocenters. The maximum atomic E-state index is 10.3. The first kappa shape index (κ1) is 12.3. The average molecular weight is 278 g/mol. The highest BCUT2D eigenvalue weighted by molar-refractivity contribution is 6.31. The second-order valence-electron chi connectivity index (χ2n) is 4.30. The third-order valence-electron chi connectivity index (χ3n) is 3.05. The standard InChI is InChI=1S/C14H12ClNO3/c15-11-7-16-4-3-9(11)5-12(17)10-1-2-13-14(6-10)19-8-18-13/h1-4,6-7,12,17H,5,8H2. The van der Waals surface area contributed by atoms with Crippen LogP contribution in [0.2, 0.25) is 5.02 Å². The molecule has 5 heteroatoms. The first-order chi connectivity index (χ1) is 9.24. The Labute approximate surface area is 115 Å². The highest BCUT2D eigenvalue weighted by Gasteiger charge is 2.17. The van der Waals surface area contributed by atoms with Gasteiger partial charge in [0.2, 0.25) is 6.79 Å². The minimum absolute atomic E-state index is 0.227. The fraction of sp³-hybridized carbons (Fsp3) is 0.214. The van der Waals surface area contributed by atoms with E-state index in [2.05, 4.69) is 4.98 Å². The van der Waals surface area contributed by atoms with Crippen molar-refractivity contribution in [3.05, 3.63) is 52.8 Å². The van der Waals surface area contributed by atoms with Gasteiger partial charge in [-0.25, -0.2) is 0 Å². The molecule has 0 bridgehead atoms. The molecule has 0 radical (unpaired) electrons. The molecule has 1 aromatic heterocycles. The molecule has 4 nitrogen and oxygen atoms in total. The molecule has 1 N–H and O–H groups in total. The molecule has 2 heterocycles. The van der Waals surface area contributed by atoms with Crippen LogP contribution in [0.4, 0.5) is 0 Å². The molecule has 1 aliphatic heterocycles. The van der Waals surface area contributed by atoms with Crippen LogP contribution >= 0.6 is 11.6 Å². The van der Waals surface area contributed by atoms with Crippen molar-refractivity contribution in [1.29, 1.82) is 0 Å². The number of hydrogen-bond acceptors (Lipinski definition) is 4. The van der Waals surface area contributed by atoms with Crippen LogP contribution in [0.5, 0.6) is 11.5 Å². The normalized spacial score (nSPS) is 14.4. The van der Waals surface area contributed by atoms with Crippen molar-refractivity contribution in [2.24, 2.45) is 0 Å². The number of aromatic nitrogens is 1. The third-order valence-corrected chi connectivity index (χ3v) is 3.39. The Bertz CT molecular complexity index is 603. The van der Waals surface area contributed by atoms with Crippen LogP contribution in [-0.4, -0.2) is 16.9 Å². The van der Waals surface area contributed by atoms with E-state index in [-0.39, 0.29) is 6.79 Å². The molecule has 3 rings (SSSR count). The fourth-order valence-corrected chi connectivity index (χ4v) is 2.21. The summed E-state index contributed by atoms with van der Waals surface area (Å²) >= 11 is 6.03. The molecule has 0 fully saturated rings. The minimum atomic E-state index is -0.644. The summed E-state index contributed by atoms with van der Waals surface area (Å²) in [5.41, 5.74) is 1.64. The van der Waals surface area contributed by atoms with Crippen LogP contribution in [0.25, 0.3) is 0 Å². The molecule has 2 aromatic rings. The van der Waals surface area contributed by atoms with E-state index >= 15 is 0 Å². The Morgan fingerprint density at radius 1 is 1.26 bits per heavy atom. The lowest BCUT2D eigenvalue weighted by atomic mass is 10.0. The van der Waals surface area contributed by atoms with Gasteiger partial charge in [-0.05, 0) is 29.3 Å². The zero-order valence-electron chi connectivity index (χ0n) is 10.0. The van der Waals surface area contributed by atoms with Gasteiger partial charge in [-0.3, -0.25) is 4.98 Å². The molecule has 0 amide bonds. The highest BCUT2D eigenvalue weighted by atomic mass is 35.5. The largest absolute Gasteiger partial charge is 0.454 e. The number of rotatable bonds is 3. The van der Waals surface area contributed by atoms with Crippen molar-refractivity contribution in [2.75, 3.05) is 6.79 Å². The molecular weight excluding hydrogens is 266 g/mol. The van der Waals surface area contributed by atoms with E-state index in [1.807, 2.05) is 6.07 Å². The van der Waals surface area contributed by atoms with Crippen LogP contribution < -0.4 is 9.47 Å². The van der Waals surface area contributed by atoms with Crippen molar-refractivity contribution < 1.29 is 14.6 Å². The molecule has 1 aromatic carbocycles. The van der Waals surface area contributed by atoms with E-state index in [0.29, 0.717) is 22.9 Å². The van der Waals surface area contributed by atoms with E-state index < -0.39 is 6.10 Å². The number of aliphatic hydroxyl groups excluding tert-OH is 1. The number of nitrogens with zero attached hydrogens (tertiary/aromatic N) is 1. The number of aliphatic hydroxyl groups is 1. The quantitative estimate of drug-likeness (QED) is 0.937. The van der Waals surface area contributed by atoms with Gasteiger partial charge < -0.3 is 14.6 Å². The lowest BCUT2D eigenvalue weighted by Gasteiger charge is -2.12. The van der Waals surface area contributed by atoms with Gasteiger partial charge in [-0.15, -0.1) is 0 Å². The molecule has 1 atom stereocenters. The SMILES string of the molecule is OC(Cc1ccncc1Cl)c1ccc2c(c1)OCO2. The number of ether oxygens (including phenoxy) is 2. The van der Waals surface area contributed by atoms with Gasteiger partial charge in [0.1, 0.15) is 0 Å². The van der Waals surface area contributed by atoms with Crippen molar-refractivity contribution in [3.8, 4) is 11.5 Å². The molecule has 0 saturated heterocycles. The summed E-state index contributed by atoms with van der Waals surface area (Å²) in [4.78, 5) is 3.92. The number of hydrogen-bond donors (Lipinski definition) is 1. The van der Waals surface area contributed by atoms with Gasteiger partial charge in [0.15, 0.2) is 11.5 Å². The van der Waals surface area contributed by atoms with Crippen LogP contribution in [0, 0.1) is 0 Å². The topological polar surface area (TPSA) is 51.6 Å². The third kappa shape index (κ3) is 2.50. The zero-order chi connectivity index (χ0) is 13.2. The monoisotopic (exact) mass is 277 g/mol. The molecule has 98 valence electrons. The Morgan fingerprint density at radius 3 is 2.95 bits per heavy atom. The van der Waals surface area contributed by atoms with Crippen LogP contribution in [0.15, 0.2) is 36.7 Å². The summed E-state index contributed by atoms with van der Waals surface area (Å²) in [7, 11) is 0. The van der Waals surface area contributed by atoms with E-state index in [1.54, 1.807) is 30.6 Å². The zero-order valence-corrected chi connectivity index (χ0v) is 10.8. The number of halogens is 1. The summed E-state index contributed by atoms with van der Waals surface area (Å²) in [6.07, 6.45) is 3.02. The van der Waals surface area contributed by atoms with Crippen molar-refractivity contribution in [3.63, 3.8) is 0 Å². The van der Waals surface area contributed by atoms with E-state index in [9.17, 15) is 5.11 Å². The highest BCUT2D eigenvalue weighted by Crippen LogP contribution is 2.35. The average Bonchev–Trinajstić information content (AvgIpc) is 2.88. The van der Waals surface area contributed by atoms with Gasteiger partial charge >= 0.3 is 0 Å². The first-order valence-corrected chi connectivity index (χ1v) is 6.28. The summed E-state index contributed by atoms with van der Waals surface area (Å²) in [5.74, 6) is 1.37. The van der Waals surface area contributed by atoms with E-state index in [0.717, 1.165) is 11.1 Å². The van der Waals surface area contributed by atoms with Gasteiger partial charge in [0.05, 0.1) is 11.1 Å². The summed E-state index contributed by atoms with van der Waals surface area (Å²) in [6.45, 7) is 0.227.